The fourth-order valence-electron chi connectivity index (χ4n) is 1.95. The molecule has 0 saturated carbocycles. The van der Waals surface area contributed by atoms with E-state index in [1.165, 1.54) is 0 Å². The van der Waals surface area contributed by atoms with E-state index >= 15 is 0 Å². The molecule has 0 aliphatic heterocycles. The number of hydrogen-bond acceptors (Lipinski definition) is 2. The third-order valence-corrected chi connectivity index (χ3v) is 3.11. The number of rotatable bonds is 5. The minimum atomic E-state index is 0.0811. The van der Waals surface area contributed by atoms with Gasteiger partial charge in [0, 0.05) is 6.04 Å². The first-order valence-electron chi connectivity index (χ1n) is 6.36. The van der Waals surface area contributed by atoms with Crippen molar-refractivity contribution in [2.24, 2.45) is 5.73 Å². The SMILES string of the molecule is CC(N)Cc1cccc(Cl)c1OCc1ccccc1. The third kappa shape index (κ3) is 3.98. The molecule has 1 unspecified atom stereocenters. The molecule has 1 atom stereocenters. The van der Waals surface area contributed by atoms with Crippen LogP contribution in [0.5, 0.6) is 5.75 Å². The van der Waals surface area contributed by atoms with E-state index in [-0.39, 0.29) is 6.04 Å². The van der Waals surface area contributed by atoms with Crippen LogP contribution in [-0.2, 0) is 13.0 Å². The molecule has 0 fully saturated rings. The van der Waals surface area contributed by atoms with Crippen molar-refractivity contribution in [3.63, 3.8) is 0 Å². The second-order valence-corrected chi connectivity index (χ2v) is 5.09. The van der Waals surface area contributed by atoms with Crippen LogP contribution in [0.15, 0.2) is 48.5 Å². The van der Waals surface area contributed by atoms with Gasteiger partial charge in [0.1, 0.15) is 12.4 Å². The summed E-state index contributed by atoms with van der Waals surface area (Å²) in [4.78, 5) is 0. The fraction of sp³-hybridized carbons (Fsp3) is 0.250. The Bertz CT molecular complexity index is 526. The zero-order chi connectivity index (χ0) is 13.7. The lowest BCUT2D eigenvalue weighted by molar-refractivity contribution is 0.302. The molecule has 2 nitrogen and oxygen atoms in total. The van der Waals surface area contributed by atoms with Crippen molar-refractivity contribution in [1.82, 2.24) is 0 Å². The van der Waals surface area contributed by atoms with E-state index in [0.29, 0.717) is 11.6 Å². The average molecular weight is 276 g/mol. The van der Waals surface area contributed by atoms with Crippen LogP contribution in [0.1, 0.15) is 18.1 Å². The van der Waals surface area contributed by atoms with Crippen LogP contribution in [0.4, 0.5) is 0 Å². The number of hydrogen-bond donors (Lipinski definition) is 1. The Hall–Kier alpha value is -1.51. The first-order valence-corrected chi connectivity index (χ1v) is 6.74. The first-order chi connectivity index (χ1) is 9.16. The summed E-state index contributed by atoms with van der Waals surface area (Å²) in [5.74, 6) is 0.741. The molecule has 0 aliphatic rings. The molecule has 0 aromatic heterocycles. The van der Waals surface area contributed by atoms with Crippen LogP contribution < -0.4 is 10.5 Å². The molecular weight excluding hydrogens is 258 g/mol. The highest BCUT2D eigenvalue weighted by atomic mass is 35.5. The molecule has 2 N–H and O–H groups in total. The van der Waals surface area contributed by atoms with Gasteiger partial charge in [-0.3, -0.25) is 0 Å². The van der Waals surface area contributed by atoms with Crippen molar-refractivity contribution in [2.75, 3.05) is 0 Å². The molecule has 0 radical (unpaired) electrons. The predicted molar refractivity (Wildman–Crippen MR) is 79.6 cm³/mol. The second kappa shape index (κ2) is 6.60. The Morgan fingerprint density at radius 3 is 2.53 bits per heavy atom. The van der Waals surface area contributed by atoms with Crippen molar-refractivity contribution in [3.05, 3.63) is 64.7 Å². The number of para-hydroxylation sites is 1. The molecule has 0 saturated heterocycles. The summed E-state index contributed by atoms with van der Waals surface area (Å²) in [5.41, 5.74) is 8.03. The second-order valence-electron chi connectivity index (χ2n) is 4.68. The smallest absolute Gasteiger partial charge is 0.141 e. The molecule has 0 spiro atoms. The zero-order valence-electron chi connectivity index (χ0n) is 11.0. The third-order valence-electron chi connectivity index (χ3n) is 2.82. The van der Waals surface area contributed by atoms with Crippen LogP contribution >= 0.6 is 11.6 Å². The van der Waals surface area contributed by atoms with Crippen molar-refractivity contribution in [2.45, 2.75) is 26.0 Å². The van der Waals surface area contributed by atoms with E-state index in [1.54, 1.807) is 0 Å². The molecular formula is C16H18ClNO. The van der Waals surface area contributed by atoms with E-state index in [4.69, 9.17) is 22.1 Å². The van der Waals surface area contributed by atoms with E-state index in [1.807, 2.05) is 55.5 Å². The molecule has 2 rings (SSSR count). The topological polar surface area (TPSA) is 35.2 Å². The lowest BCUT2D eigenvalue weighted by atomic mass is 10.1. The van der Waals surface area contributed by atoms with Gasteiger partial charge in [0.15, 0.2) is 0 Å². The summed E-state index contributed by atoms with van der Waals surface area (Å²) in [6.07, 6.45) is 0.755. The number of halogens is 1. The molecule has 0 amide bonds. The van der Waals surface area contributed by atoms with Gasteiger partial charge in [0.25, 0.3) is 0 Å². The van der Waals surface area contributed by atoms with Gasteiger partial charge in [-0.05, 0) is 30.5 Å². The number of benzene rings is 2. The van der Waals surface area contributed by atoms with E-state index in [2.05, 4.69) is 0 Å². The molecule has 0 aliphatic carbocycles. The lowest BCUT2D eigenvalue weighted by Gasteiger charge is -2.14. The highest BCUT2D eigenvalue weighted by Crippen LogP contribution is 2.30. The maximum atomic E-state index is 6.21. The standard InChI is InChI=1S/C16H18ClNO/c1-12(18)10-14-8-5-9-15(17)16(14)19-11-13-6-3-2-4-7-13/h2-9,12H,10-11,18H2,1H3. The summed E-state index contributed by atoms with van der Waals surface area (Å²) in [6, 6.07) is 15.9. The van der Waals surface area contributed by atoms with Gasteiger partial charge in [-0.1, -0.05) is 54.1 Å². The minimum absolute atomic E-state index is 0.0811. The van der Waals surface area contributed by atoms with Crippen LogP contribution in [0.2, 0.25) is 5.02 Å². The van der Waals surface area contributed by atoms with Gasteiger partial charge < -0.3 is 10.5 Å². The fourth-order valence-corrected chi connectivity index (χ4v) is 2.20. The van der Waals surface area contributed by atoms with Gasteiger partial charge in [-0.25, -0.2) is 0 Å². The van der Waals surface area contributed by atoms with Crippen molar-refractivity contribution in [1.29, 1.82) is 0 Å². The first kappa shape index (κ1) is 13.9. The molecule has 100 valence electrons. The molecule has 2 aromatic carbocycles. The Morgan fingerprint density at radius 2 is 1.84 bits per heavy atom. The van der Waals surface area contributed by atoms with Crippen LogP contribution in [-0.4, -0.2) is 6.04 Å². The predicted octanol–water partition coefficient (Wildman–Crippen LogP) is 3.81. The van der Waals surface area contributed by atoms with E-state index in [0.717, 1.165) is 23.3 Å². The Balaban J connectivity index is 2.14. The van der Waals surface area contributed by atoms with Crippen molar-refractivity contribution < 1.29 is 4.74 Å². The van der Waals surface area contributed by atoms with Crippen LogP contribution in [0, 0.1) is 0 Å². The summed E-state index contributed by atoms with van der Waals surface area (Å²) >= 11 is 6.21. The highest BCUT2D eigenvalue weighted by molar-refractivity contribution is 6.32. The Labute approximate surface area is 119 Å². The maximum Gasteiger partial charge on any atom is 0.141 e. The molecule has 3 heteroatoms. The van der Waals surface area contributed by atoms with Crippen LogP contribution in [0.3, 0.4) is 0 Å². The summed E-state index contributed by atoms with van der Waals surface area (Å²) in [7, 11) is 0. The lowest BCUT2D eigenvalue weighted by Crippen LogP contribution is -2.18. The largest absolute Gasteiger partial charge is 0.487 e. The van der Waals surface area contributed by atoms with Gasteiger partial charge in [0.2, 0.25) is 0 Å². The summed E-state index contributed by atoms with van der Waals surface area (Å²) in [5, 5.41) is 0.633. The summed E-state index contributed by atoms with van der Waals surface area (Å²) < 4.78 is 5.87. The molecule has 0 bridgehead atoms. The normalized spacial score (nSPS) is 12.2. The monoisotopic (exact) mass is 275 g/mol. The van der Waals surface area contributed by atoms with Gasteiger partial charge in [-0.15, -0.1) is 0 Å². The van der Waals surface area contributed by atoms with Crippen molar-refractivity contribution >= 4 is 11.6 Å². The van der Waals surface area contributed by atoms with E-state index in [9.17, 15) is 0 Å². The summed E-state index contributed by atoms with van der Waals surface area (Å²) in [6.45, 7) is 2.48. The minimum Gasteiger partial charge on any atom is -0.487 e. The quantitative estimate of drug-likeness (QED) is 0.901. The molecule has 0 heterocycles. The Morgan fingerprint density at radius 1 is 1.11 bits per heavy atom. The maximum absolute atomic E-state index is 6.21. The van der Waals surface area contributed by atoms with Gasteiger partial charge in [-0.2, -0.15) is 0 Å². The van der Waals surface area contributed by atoms with Gasteiger partial charge in [0.05, 0.1) is 5.02 Å². The van der Waals surface area contributed by atoms with Gasteiger partial charge >= 0.3 is 0 Å². The van der Waals surface area contributed by atoms with Crippen molar-refractivity contribution in [3.8, 4) is 5.75 Å². The molecule has 2 aromatic rings. The Kier molecular flexibility index (Phi) is 4.83. The van der Waals surface area contributed by atoms with Crippen LogP contribution in [0.25, 0.3) is 0 Å². The molecule has 19 heavy (non-hydrogen) atoms. The highest BCUT2D eigenvalue weighted by Gasteiger charge is 2.10. The van der Waals surface area contributed by atoms with E-state index < -0.39 is 0 Å². The average Bonchev–Trinajstić information content (AvgIpc) is 2.38. The zero-order valence-corrected chi connectivity index (χ0v) is 11.7. The number of nitrogens with two attached hydrogens (primary N) is 1. The number of ether oxygens (including phenoxy) is 1.